The number of aliphatic hydroxyl groups excluding tert-OH is 1. The third kappa shape index (κ3) is 3.36. The van der Waals surface area contributed by atoms with Gasteiger partial charge in [0.15, 0.2) is 11.5 Å². The number of hydrogen-bond donors (Lipinski definition) is 1. The third-order valence-electron chi connectivity index (χ3n) is 4.49. The molecular weight excluding hydrogens is 348 g/mol. The van der Waals surface area contributed by atoms with Crippen molar-refractivity contribution in [2.75, 3.05) is 14.2 Å². The molecule has 2 heterocycles. The smallest absolute Gasteiger partial charge is 0.290 e. The zero-order chi connectivity index (χ0) is 19.6. The third-order valence-corrected chi connectivity index (χ3v) is 4.49. The first-order valence-electron chi connectivity index (χ1n) is 8.33. The fourth-order valence-corrected chi connectivity index (χ4v) is 3.23. The summed E-state index contributed by atoms with van der Waals surface area (Å²) in [6.07, 6.45) is 3.27. The number of aliphatic hydroxyl groups is 1. The molecule has 1 N–H and O–H groups in total. The number of ether oxygens (including phenoxy) is 2. The second kappa shape index (κ2) is 7.49. The summed E-state index contributed by atoms with van der Waals surface area (Å²) in [6, 6.07) is 7.94. The number of carbonyl (C=O) groups is 2. The lowest BCUT2D eigenvalue weighted by Gasteiger charge is -2.28. The largest absolute Gasteiger partial charge is 0.503 e. The van der Waals surface area contributed by atoms with Gasteiger partial charge in [0.25, 0.3) is 5.91 Å². The topological polar surface area (TPSA) is 89.0 Å². The van der Waals surface area contributed by atoms with Crippen molar-refractivity contribution < 1.29 is 24.2 Å². The first-order chi connectivity index (χ1) is 13.0. The highest BCUT2D eigenvalue weighted by molar-refractivity contribution is 6.08. The Morgan fingerprint density at radius 3 is 2.63 bits per heavy atom. The van der Waals surface area contributed by atoms with Crippen LogP contribution in [0.3, 0.4) is 0 Å². The van der Waals surface area contributed by atoms with Crippen molar-refractivity contribution in [3.05, 3.63) is 65.2 Å². The minimum absolute atomic E-state index is 0.0485. The van der Waals surface area contributed by atoms with Crippen molar-refractivity contribution in [3.63, 3.8) is 0 Å². The van der Waals surface area contributed by atoms with Gasteiger partial charge in [-0.2, -0.15) is 0 Å². The van der Waals surface area contributed by atoms with Crippen LogP contribution in [0.15, 0.2) is 54.1 Å². The van der Waals surface area contributed by atoms with E-state index in [9.17, 15) is 14.7 Å². The van der Waals surface area contributed by atoms with E-state index >= 15 is 0 Å². The molecule has 0 saturated heterocycles. The number of carbonyl (C=O) groups excluding carboxylic acids is 2. The molecule has 1 atom stereocenters. The number of methoxy groups -OCH3 is 2. The Hall–Kier alpha value is -3.35. The second-order valence-corrected chi connectivity index (χ2v) is 6.12. The summed E-state index contributed by atoms with van der Waals surface area (Å²) in [5.74, 6) is -0.480. The number of pyridine rings is 1. The lowest BCUT2D eigenvalue weighted by Crippen LogP contribution is -2.30. The fraction of sp³-hybridized carbons (Fsp3) is 0.250. The van der Waals surface area contributed by atoms with Gasteiger partial charge in [-0.25, -0.2) is 0 Å². The minimum Gasteiger partial charge on any atom is -0.503 e. The van der Waals surface area contributed by atoms with Gasteiger partial charge < -0.3 is 19.5 Å². The lowest BCUT2D eigenvalue weighted by molar-refractivity contribution is -0.130. The van der Waals surface area contributed by atoms with E-state index in [0.29, 0.717) is 17.1 Å². The van der Waals surface area contributed by atoms with E-state index in [1.54, 1.807) is 36.7 Å². The van der Waals surface area contributed by atoms with Crippen LogP contribution in [0.2, 0.25) is 0 Å². The van der Waals surface area contributed by atoms with E-state index in [1.165, 1.54) is 26.0 Å². The molecule has 3 rings (SSSR count). The van der Waals surface area contributed by atoms with Crippen molar-refractivity contribution in [2.45, 2.75) is 19.5 Å². The van der Waals surface area contributed by atoms with E-state index < -0.39 is 17.7 Å². The number of nitrogens with zero attached hydrogens (tertiary/aromatic N) is 2. The van der Waals surface area contributed by atoms with E-state index in [0.717, 1.165) is 5.56 Å². The first-order valence-corrected chi connectivity index (χ1v) is 8.33. The molecule has 0 bridgehead atoms. The predicted octanol–water partition coefficient (Wildman–Crippen LogP) is 2.58. The Morgan fingerprint density at radius 2 is 2.04 bits per heavy atom. The lowest BCUT2D eigenvalue weighted by atomic mass is 9.95. The monoisotopic (exact) mass is 368 g/mol. The van der Waals surface area contributed by atoms with Crippen LogP contribution in [0.1, 0.15) is 24.1 Å². The molecule has 0 saturated carbocycles. The van der Waals surface area contributed by atoms with E-state index in [1.807, 2.05) is 6.07 Å². The van der Waals surface area contributed by atoms with Crippen molar-refractivity contribution in [1.82, 2.24) is 9.88 Å². The van der Waals surface area contributed by atoms with Gasteiger partial charge in [-0.15, -0.1) is 0 Å². The molecule has 7 nitrogen and oxygen atoms in total. The van der Waals surface area contributed by atoms with Crippen molar-refractivity contribution in [3.8, 4) is 11.5 Å². The summed E-state index contributed by atoms with van der Waals surface area (Å²) >= 11 is 0. The van der Waals surface area contributed by atoms with Gasteiger partial charge in [0.05, 0.1) is 25.8 Å². The van der Waals surface area contributed by atoms with Crippen molar-refractivity contribution in [2.24, 2.45) is 0 Å². The van der Waals surface area contributed by atoms with Crippen LogP contribution >= 0.6 is 0 Å². The molecule has 27 heavy (non-hydrogen) atoms. The Morgan fingerprint density at radius 1 is 1.26 bits per heavy atom. The van der Waals surface area contributed by atoms with Gasteiger partial charge in [0, 0.05) is 30.6 Å². The summed E-state index contributed by atoms with van der Waals surface area (Å²) < 4.78 is 10.7. The van der Waals surface area contributed by atoms with Crippen LogP contribution in [-0.4, -0.2) is 40.9 Å². The average Bonchev–Trinajstić information content (AvgIpc) is 2.93. The molecule has 0 fully saturated rings. The molecule has 1 amide bonds. The highest BCUT2D eigenvalue weighted by Crippen LogP contribution is 2.43. The first kappa shape index (κ1) is 18.4. The van der Waals surface area contributed by atoms with Crippen LogP contribution in [0.4, 0.5) is 0 Å². The van der Waals surface area contributed by atoms with Crippen molar-refractivity contribution in [1.29, 1.82) is 0 Å². The molecule has 0 unspecified atom stereocenters. The van der Waals surface area contributed by atoms with E-state index in [-0.39, 0.29) is 17.9 Å². The van der Waals surface area contributed by atoms with E-state index in [2.05, 4.69) is 4.98 Å². The molecule has 2 aromatic rings. The Kier molecular flexibility index (Phi) is 5.12. The highest BCUT2D eigenvalue weighted by atomic mass is 16.5. The molecule has 1 aliphatic rings. The van der Waals surface area contributed by atoms with E-state index in [4.69, 9.17) is 9.47 Å². The fourth-order valence-electron chi connectivity index (χ4n) is 3.23. The van der Waals surface area contributed by atoms with Gasteiger partial charge in [-0.05, 0) is 30.7 Å². The van der Waals surface area contributed by atoms with Crippen LogP contribution < -0.4 is 9.47 Å². The summed E-state index contributed by atoms with van der Waals surface area (Å²) in [4.78, 5) is 30.4. The quantitative estimate of drug-likeness (QED) is 0.843. The molecule has 1 aromatic carbocycles. The van der Waals surface area contributed by atoms with Crippen LogP contribution in [0, 0.1) is 0 Å². The van der Waals surface area contributed by atoms with Gasteiger partial charge in [-0.1, -0.05) is 6.07 Å². The molecule has 0 spiro atoms. The van der Waals surface area contributed by atoms with Crippen LogP contribution in [0.5, 0.6) is 11.5 Å². The molecule has 0 aliphatic carbocycles. The maximum atomic E-state index is 12.7. The number of Topliss-reactive ketones (excluding diaryl/α,β-unsaturated/α-hetero) is 1. The van der Waals surface area contributed by atoms with Gasteiger partial charge in [0.2, 0.25) is 0 Å². The number of hydrogen-bond acceptors (Lipinski definition) is 6. The molecule has 1 aliphatic heterocycles. The number of amides is 1. The molecule has 7 heteroatoms. The summed E-state index contributed by atoms with van der Waals surface area (Å²) in [7, 11) is 3.03. The maximum absolute atomic E-state index is 12.7. The standard InChI is InChI=1S/C20H20N2O5/c1-12(23)17-18(15-7-6-14(26-2)9-16(15)27-3)22(20(25)19(17)24)11-13-5-4-8-21-10-13/h4-10,18,24H,11H2,1-3H3/t18-/m1/s1. The molecule has 1 aromatic heterocycles. The SMILES string of the molecule is COc1ccc([C@@H]2C(C(C)=O)=C(O)C(=O)N2Cc2cccnc2)c(OC)c1. The number of rotatable bonds is 6. The van der Waals surface area contributed by atoms with Crippen LogP contribution in [-0.2, 0) is 16.1 Å². The zero-order valence-corrected chi connectivity index (χ0v) is 15.3. The summed E-state index contributed by atoms with van der Waals surface area (Å²) in [5.41, 5.74) is 1.41. The Bertz CT molecular complexity index is 908. The Balaban J connectivity index is 2.11. The second-order valence-electron chi connectivity index (χ2n) is 6.12. The normalized spacial score (nSPS) is 16.6. The van der Waals surface area contributed by atoms with Gasteiger partial charge >= 0.3 is 0 Å². The average molecular weight is 368 g/mol. The number of ketones is 1. The molecular formula is C20H20N2O5. The minimum atomic E-state index is -0.768. The summed E-state index contributed by atoms with van der Waals surface area (Å²) in [5, 5.41) is 10.4. The molecule has 0 radical (unpaired) electrons. The summed E-state index contributed by atoms with van der Waals surface area (Å²) in [6.45, 7) is 1.52. The number of benzene rings is 1. The predicted molar refractivity (Wildman–Crippen MR) is 97.4 cm³/mol. The van der Waals surface area contributed by atoms with Crippen LogP contribution in [0.25, 0.3) is 0 Å². The van der Waals surface area contributed by atoms with Gasteiger partial charge in [-0.3, -0.25) is 14.6 Å². The van der Waals surface area contributed by atoms with Gasteiger partial charge in [0.1, 0.15) is 11.5 Å². The Labute approximate surface area is 156 Å². The molecule has 140 valence electrons. The van der Waals surface area contributed by atoms with Crippen molar-refractivity contribution >= 4 is 11.7 Å². The number of aromatic nitrogens is 1. The maximum Gasteiger partial charge on any atom is 0.290 e. The zero-order valence-electron chi connectivity index (χ0n) is 15.3. The highest BCUT2D eigenvalue weighted by Gasteiger charge is 2.43.